The third kappa shape index (κ3) is 5.45. The Morgan fingerprint density at radius 1 is 1.02 bits per heavy atom. The first-order valence-electron chi connectivity index (χ1n) is 12.8. The molecule has 1 amide bonds. The van der Waals surface area contributed by atoms with Crippen molar-refractivity contribution in [3.8, 4) is 17.6 Å². The van der Waals surface area contributed by atoms with Gasteiger partial charge >= 0.3 is 5.97 Å². The van der Waals surface area contributed by atoms with E-state index in [9.17, 15) is 24.8 Å². The normalized spacial score (nSPS) is 16.5. The fourth-order valence-corrected chi connectivity index (χ4v) is 4.70. The molecule has 1 N–H and O–H groups in total. The van der Waals surface area contributed by atoms with Crippen molar-refractivity contribution in [2.75, 3.05) is 11.5 Å². The van der Waals surface area contributed by atoms with E-state index in [2.05, 4.69) is 0 Å². The first-order chi connectivity index (χ1) is 19.0. The molecule has 3 aromatic carbocycles. The van der Waals surface area contributed by atoms with Crippen molar-refractivity contribution < 1.29 is 29.0 Å². The number of nitrogens with zero attached hydrogens (tertiary/aromatic N) is 2. The summed E-state index contributed by atoms with van der Waals surface area (Å²) >= 11 is 0. The van der Waals surface area contributed by atoms with Crippen LogP contribution in [-0.2, 0) is 19.8 Å². The monoisotopic (exact) mass is 538 g/mol. The number of Topliss-reactive ketones (excluding diaryl/α,β-unsaturated/α-hetero) is 1. The summed E-state index contributed by atoms with van der Waals surface area (Å²) in [5.74, 6) is -1.50. The Balaban J connectivity index is 1.92. The molecule has 1 unspecified atom stereocenters. The van der Waals surface area contributed by atoms with Crippen LogP contribution in [0.3, 0.4) is 0 Å². The number of carbonyl (C=O) groups excluding carboxylic acids is 3. The number of ether oxygens (including phenoxy) is 2. The number of carbonyl (C=O) groups is 3. The molecule has 1 atom stereocenters. The smallest absolute Gasteiger partial charge is 0.308 e. The lowest BCUT2D eigenvalue weighted by Gasteiger charge is -2.26. The quantitative estimate of drug-likeness (QED) is 0.138. The number of ketones is 1. The Labute approximate surface area is 233 Å². The van der Waals surface area contributed by atoms with Crippen LogP contribution in [-0.4, -0.2) is 29.4 Å². The highest BCUT2D eigenvalue weighted by Gasteiger charge is 2.47. The fraction of sp³-hybridized carbons (Fsp3) is 0.250. The lowest BCUT2D eigenvalue weighted by molar-refractivity contribution is -0.132. The van der Waals surface area contributed by atoms with Gasteiger partial charge in [0.15, 0.2) is 0 Å². The van der Waals surface area contributed by atoms with Gasteiger partial charge in [0.05, 0.1) is 29.9 Å². The van der Waals surface area contributed by atoms with Crippen molar-refractivity contribution in [1.29, 1.82) is 5.26 Å². The Hall–Kier alpha value is -4.90. The van der Waals surface area contributed by atoms with Crippen LogP contribution in [0.15, 0.2) is 72.3 Å². The highest BCUT2D eigenvalue weighted by atomic mass is 16.5. The van der Waals surface area contributed by atoms with Crippen LogP contribution in [0.2, 0.25) is 0 Å². The molecule has 4 rings (SSSR count). The fourth-order valence-electron chi connectivity index (χ4n) is 4.70. The average Bonchev–Trinajstić information content (AvgIpc) is 3.18. The standard InChI is InChI=1S/C32H30N2O6/c1-6-39-26-16-11-22(17-25(26)32(3,4)5)29(36)27-28(21-9-14-24(15-10-21)40-19(2)35)34(31(38)30(27)37)23-12-7-20(18-33)8-13-23/h7-17,28,36H,6H2,1-5H3/b29-27-. The molecule has 0 spiro atoms. The molecule has 1 heterocycles. The summed E-state index contributed by atoms with van der Waals surface area (Å²) in [6, 6.07) is 18.9. The first kappa shape index (κ1) is 28.1. The molecule has 8 nitrogen and oxygen atoms in total. The van der Waals surface area contributed by atoms with Gasteiger partial charge in [0.1, 0.15) is 17.3 Å². The van der Waals surface area contributed by atoms with Crippen LogP contribution in [0.5, 0.6) is 11.5 Å². The Kier molecular flexibility index (Phi) is 7.78. The zero-order valence-electron chi connectivity index (χ0n) is 23.0. The van der Waals surface area contributed by atoms with E-state index in [1.165, 1.54) is 11.8 Å². The third-order valence-electron chi connectivity index (χ3n) is 6.54. The molecular formula is C32H30N2O6. The Morgan fingerprint density at radius 3 is 2.23 bits per heavy atom. The van der Waals surface area contributed by atoms with Crippen molar-refractivity contribution in [1.82, 2.24) is 0 Å². The van der Waals surface area contributed by atoms with E-state index < -0.39 is 23.7 Å². The van der Waals surface area contributed by atoms with Crippen molar-refractivity contribution in [2.24, 2.45) is 0 Å². The molecule has 0 radical (unpaired) electrons. The van der Waals surface area contributed by atoms with Crippen molar-refractivity contribution >= 4 is 29.1 Å². The maximum absolute atomic E-state index is 13.5. The van der Waals surface area contributed by atoms with Gasteiger partial charge in [-0.05, 0) is 72.5 Å². The number of hydrogen-bond donors (Lipinski definition) is 1. The van der Waals surface area contributed by atoms with Gasteiger partial charge in [-0.25, -0.2) is 0 Å². The second kappa shape index (κ2) is 11.1. The van der Waals surface area contributed by atoms with Gasteiger partial charge in [-0.2, -0.15) is 5.26 Å². The number of aliphatic hydroxyl groups excluding tert-OH is 1. The Bertz CT molecular complexity index is 1540. The second-order valence-electron chi connectivity index (χ2n) is 10.4. The van der Waals surface area contributed by atoms with Gasteiger partial charge in [-0.1, -0.05) is 32.9 Å². The number of rotatable bonds is 6. The maximum Gasteiger partial charge on any atom is 0.308 e. The topological polar surface area (TPSA) is 117 Å². The van der Waals surface area contributed by atoms with Gasteiger partial charge in [0.25, 0.3) is 11.7 Å². The number of anilines is 1. The highest BCUT2D eigenvalue weighted by Crippen LogP contribution is 2.43. The molecule has 1 aliphatic heterocycles. The van der Waals surface area contributed by atoms with Gasteiger partial charge in [-0.15, -0.1) is 0 Å². The Morgan fingerprint density at radius 2 is 1.68 bits per heavy atom. The SMILES string of the molecule is CCOc1ccc(/C(O)=C2/C(=O)C(=O)N(c3ccc(C#N)cc3)C2c2ccc(OC(C)=O)cc2)cc1C(C)(C)C. The summed E-state index contributed by atoms with van der Waals surface area (Å²) in [4.78, 5) is 39.7. The summed E-state index contributed by atoms with van der Waals surface area (Å²) in [6.45, 7) is 9.69. The lowest BCUT2D eigenvalue weighted by atomic mass is 9.84. The van der Waals surface area contributed by atoms with Gasteiger partial charge in [0, 0.05) is 23.7 Å². The van der Waals surface area contributed by atoms with Gasteiger partial charge < -0.3 is 14.6 Å². The number of hydrogen-bond acceptors (Lipinski definition) is 7. The third-order valence-corrected chi connectivity index (χ3v) is 6.54. The van der Waals surface area contributed by atoms with E-state index in [0.717, 1.165) is 5.56 Å². The molecule has 8 heteroatoms. The molecule has 0 aromatic heterocycles. The van der Waals surface area contributed by atoms with Crippen molar-refractivity contribution in [2.45, 2.75) is 46.1 Å². The van der Waals surface area contributed by atoms with Crippen LogP contribution in [0.25, 0.3) is 5.76 Å². The number of esters is 1. The first-order valence-corrected chi connectivity index (χ1v) is 12.8. The molecule has 1 aliphatic rings. The van der Waals surface area contributed by atoms with E-state index in [-0.39, 0.29) is 16.7 Å². The second-order valence-corrected chi connectivity index (χ2v) is 10.4. The van der Waals surface area contributed by atoms with Gasteiger partial charge in [-0.3, -0.25) is 19.3 Å². The van der Waals surface area contributed by atoms with Crippen molar-refractivity contribution in [3.63, 3.8) is 0 Å². The molecule has 40 heavy (non-hydrogen) atoms. The van der Waals surface area contributed by atoms with Gasteiger partial charge in [0.2, 0.25) is 0 Å². The molecule has 3 aromatic rings. The van der Waals surface area contributed by atoms with E-state index >= 15 is 0 Å². The number of aliphatic hydroxyl groups is 1. The number of amides is 1. The van der Waals surface area contributed by atoms with E-state index in [1.54, 1.807) is 66.7 Å². The molecule has 1 fully saturated rings. The maximum atomic E-state index is 13.5. The molecule has 0 saturated carbocycles. The largest absolute Gasteiger partial charge is 0.507 e. The number of nitriles is 1. The minimum atomic E-state index is -0.982. The average molecular weight is 539 g/mol. The zero-order chi connectivity index (χ0) is 29.2. The molecular weight excluding hydrogens is 508 g/mol. The summed E-state index contributed by atoms with van der Waals surface area (Å²) in [5, 5.41) is 20.8. The predicted octanol–water partition coefficient (Wildman–Crippen LogP) is 5.81. The number of benzene rings is 3. The highest BCUT2D eigenvalue weighted by molar-refractivity contribution is 6.51. The van der Waals surface area contributed by atoms with Crippen LogP contribution in [0.4, 0.5) is 5.69 Å². The predicted molar refractivity (Wildman–Crippen MR) is 150 cm³/mol. The zero-order valence-corrected chi connectivity index (χ0v) is 23.0. The van der Waals surface area contributed by atoms with E-state index in [4.69, 9.17) is 9.47 Å². The summed E-state index contributed by atoms with van der Waals surface area (Å²) in [7, 11) is 0. The molecule has 1 saturated heterocycles. The van der Waals surface area contributed by atoms with Crippen LogP contribution in [0, 0.1) is 11.3 Å². The van der Waals surface area contributed by atoms with Crippen LogP contribution in [0.1, 0.15) is 62.9 Å². The van der Waals surface area contributed by atoms with Crippen LogP contribution >= 0.6 is 0 Å². The minimum Gasteiger partial charge on any atom is -0.507 e. The van der Waals surface area contributed by atoms with E-state index in [1.807, 2.05) is 33.8 Å². The lowest BCUT2D eigenvalue weighted by Crippen LogP contribution is -2.29. The summed E-state index contributed by atoms with van der Waals surface area (Å²) in [6.07, 6.45) is 0. The molecule has 0 aliphatic carbocycles. The van der Waals surface area contributed by atoms with E-state index in [0.29, 0.717) is 40.5 Å². The van der Waals surface area contributed by atoms with Crippen molar-refractivity contribution in [3.05, 3.63) is 94.6 Å². The minimum absolute atomic E-state index is 0.0846. The van der Waals surface area contributed by atoms with Crippen LogP contribution < -0.4 is 14.4 Å². The molecule has 204 valence electrons. The summed E-state index contributed by atoms with van der Waals surface area (Å²) in [5.41, 5.74) is 2.08. The summed E-state index contributed by atoms with van der Waals surface area (Å²) < 4.78 is 10.9. The molecule has 0 bridgehead atoms.